The van der Waals surface area contributed by atoms with Crippen molar-refractivity contribution in [2.24, 2.45) is 5.73 Å². The molecule has 0 heterocycles. The van der Waals surface area contributed by atoms with E-state index < -0.39 is 16.3 Å². The zero-order chi connectivity index (χ0) is 15.9. The fourth-order valence-electron chi connectivity index (χ4n) is 1.27. The van der Waals surface area contributed by atoms with Crippen molar-refractivity contribution in [2.75, 3.05) is 17.9 Å². The van der Waals surface area contributed by atoms with Crippen LogP contribution in [0.1, 0.15) is 12.5 Å². The maximum atomic E-state index is 11.7. The fraction of sp³-hybridized carbons (Fsp3) is 0.250. The monoisotopic (exact) mass is 331 g/mol. The molecule has 0 fully saturated rings. The first-order valence-electron chi connectivity index (χ1n) is 5.83. The summed E-state index contributed by atoms with van der Waals surface area (Å²) in [4.78, 5) is 11.1. The molecule has 21 heavy (non-hydrogen) atoms. The normalized spacial score (nSPS) is 10.2. The molecule has 4 N–H and O–H groups in total. The van der Waals surface area contributed by atoms with Crippen LogP contribution < -0.4 is 15.2 Å². The molecule has 0 unspecified atom stereocenters. The van der Waals surface area contributed by atoms with Crippen LogP contribution in [0.15, 0.2) is 18.2 Å². The van der Waals surface area contributed by atoms with E-state index in [0.717, 1.165) is 0 Å². The zero-order valence-corrected chi connectivity index (χ0v) is 12.7. The molecule has 1 aromatic rings. The topological polar surface area (TPSA) is 111 Å². The summed E-state index contributed by atoms with van der Waals surface area (Å²) in [6.07, 6.45) is -1.08. The standard InChI is InChI=1S/C12H14ClN3O4S/c1-2-20-12(17)16-21(18,19)15-11-8-9(4-3-7-14)5-6-10(11)13/h5-6,8,15H,2,7,14H2,1H3,(H,16,17). The quantitative estimate of drug-likeness (QED) is 0.714. The Balaban J connectivity index is 2.93. The third kappa shape index (κ3) is 5.91. The molecule has 0 aliphatic rings. The Morgan fingerprint density at radius 1 is 1.48 bits per heavy atom. The van der Waals surface area contributed by atoms with E-state index in [1.807, 2.05) is 0 Å². The predicted octanol–water partition coefficient (Wildman–Crippen LogP) is 1.05. The SMILES string of the molecule is CCOC(=O)NS(=O)(=O)Nc1cc(C#CCN)ccc1Cl. The molecule has 1 rings (SSSR count). The molecule has 9 heteroatoms. The van der Waals surface area contributed by atoms with Gasteiger partial charge in [0.2, 0.25) is 0 Å². The van der Waals surface area contributed by atoms with Gasteiger partial charge in [0, 0.05) is 5.56 Å². The summed E-state index contributed by atoms with van der Waals surface area (Å²) in [5.74, 6) is 5.37. The van der Waals surface area contributed by atoms with E-state index in [9.17, 15) is 13.2 Å². The van der Waals surface area contributed by atoms with E-state index in [1.165, 1.54) is 12.1 Å². The summed E-state index contributed by atoms with van der Waals surface area (Å²) < 4.78 is 31.7. The smallest absolute Gasteiger partial charge is 0.422 e. The van der Waals surface area contributed by atoms with Crippen molar-refractivity contribution in [3.8, 4) is 11.8 Å². The van der Waals surface area contributed by atoms with Crippen LogP contribution in [0.25, 0.3) is 0 Å². The number of nitrogens with one attached hydrogen (secondary N) is 2. The highest BCUT2D eigenvalue weighted by atomic mass is 35.5. The van der Waals surface area contributed by atoms with Crippen molar-refractivity contribution in [3.63, 3.8) is 0 Å². The number of amides is 1. The van der Waals surface area contributed by atoms with E-state index in [2.05, 4.69) is 21.3 Å². The Kier molecular flexibility index (Phi) is 6.30. The molecule has 0 aliphatic heterocycles. The highest BCUT2D eigenvalue weighted by Crippen LogP contribution is 2.23. The van der Waals surface area contributed by atoms with Gasteiger partial charge in [0.15, 0.2) is 0 Å². The molecule has 0 radical (unpaired) electrons. The van der Waals surface area contributed by atoms with Gasteiger partial charge in [0.25, 0.3) is 0 Å². The summed E-state index contributed by atoms with van der Waals surface area (Å²) in [7, 11) is -4.15. The number of anilines is 1. The summed E-state index contributed by atoms with van der Waals surface area (Å²) in [5.41, 5.74) is 5.86. The van der Waals surface area contributed by atoms with E-state index >= 15 is 0 Å². The van der Waals surface area contributed by atoms with Gasteiger partial charge in [-0.15, -0.1) is 0 Å². The van der Waals surface area contributed by atoms with Crippen molar-refractivity contribution in [1.82, 2.24) is 4.72 Å². The molecule has 7 nitrogen and oxygen atoms in total. The number of ether oxygens (including phenoxy) is 1. The van der Waals surface area contributed by atoms with E-state index in [4.69, 9.17) is 17.3 Å². The number of halogens is 1. The highest BCUT2D eigenvalue weighted by Gasteiger charge is 2.16. The first-order valence-corrected chi connectivity index (χ1v) is 7.70. The average Bonchev–Trinajstić information content (AvgIpc) is 2.39. The Morgan fingerprint density at radius 2 is 2.19 bits per heavy atom. The molecular weight excluding hydrogens is 318 g/mol. The summed E-state index contributed by atoms with van der Waals surface area (Å²) in [6.45, 7) is 1.77. The lowest BCUT2D eigenvalue weighted by molar-refractivity contribution is 0.159. The van der Waals surface area contributed by atoms with E-state index in [-0.39, 0.29) is 23.9 Å². The summed E-state index contributed by atoms with van der Waals surface area (Å²) in [6, 6.07) is 4.52. The first-order chi connectivity index (χ1) is 9.88. The molecule has 0 bridgehead atoms. The van der Waals surface area contributed by atoms with Gasteiger partial charge in [-0.05, 0) is 25.1 Å². The number of carbonyl (C=O) groups excluding carboxylic acids is 1. The Morgan fingerprint density at radius 3 is 2.81 bits per heavy atom. The molecular formula is C12H14ClN3O4S. The highest BCUT2D eigenvalue weighted by molar-refractivity contribution is 7.91. The lowest BCUT2D eigenvalue weighted by Crippen LogP contribution is -2.35. The van der Waals surface area contributed by atoms with Gasteiger partial charge in [-0.1, -0.05) is 23.4 Å². The molecule has 114 valence electrons. The molecule has 1 amide bonds. The van der Waals surface area contributed by atoms with E-state index in [0.29, 0.717) is 5.56 Å². The molecule has 0 saturated heterocycles. The first kappa shape index (κ1) is 17.1. The van der Waals surface area contributed by atoms with Gasteiger partial charge in [0.05, 0.1) is 23.9 Å². The Bertz CT molecular complexity index is 679. The van der Waals surface area contributed by atoms with Crippen LogP contribution in [0.3, 0.4) is 0 Å². The molecule has 0 saturated carbocycles. The molecule has 0 aliphatic carbocycles. The second-order valence-electron chi connectivity index (χ2n) is 3.63. The predicted molar refractivity (Wildman–Crippen MR) is 80.1 cm³/mol. The molecule has 0 atom stereocenters. The van der Waals surface area contributed by atoms with Crippen molar-refractivity contribution in [2.45, 2.75) is 6.92 Å². The van der Waals surface area contributed by atoms with Crippen LogP contribution in [-0.4, -0.2) is 27.7 Å². The zero-order valence-electron chi connectivity index (χ0n) is 11.1. The van der Waals surface area contributed by atoms with Gasteiger partial charge in [-0.3, -0.25) is 4.72 Å². The van der Waals surface area contributed by atoms with Gasteiger partial charge >= 0.3 is 16.3 Å². The van der Waals surface area contributed by atoms with Crippen LogP contribution in [0.4, 0.5) is 10.5 Å². The Hall–Kier alpha value is -1.95. The van der Waals surface area contributed by atoms with Crippen LogP contribution in [-0.2, 0) is 14.9 Å². The van der Waals surface area contributed by atoms with Crippen LogP contribution >= 0.6 is 11.6 Å². The molecule has 0 aromatic heterocycles. The lowest BCUT2D eigenvalue weighted by atomic mass is 10.2. The van der Waals surface area contributed by atoms with Gasteiger partial charge in [-0.2, -0.15) is 8.42 Å². The maximum Gasteiger partial charge on any atom is 0.422 e. The second kappa shape index (κ2) is 7.73. The van der Waals surface area contributed by atoms with Gasteiger partial charge < -0.3 is 10.5 Å². The van der Waals surface area contributed by atoms with Crippen LogP contribution in [0, 0.1) is 11.8 Å². The number of carbonyl (C=O) groups is 1. The number of nitrogens with two attached hydrogens (primary N) is 1. The average molecular weight is 332 g/mol. The number of rotatable bonds is 4. The molecule has 1 aromatic carbocycles. The lowest BCUT2D eigenvalue weighted by Gasteiger charge is -2.10. The minimum absolute atomic E-state index is 0.0479. The minimum Gasteiger partial charge on any atom is -0.449 e. The maximum absolute atomic E-state index is 11.7. The summed E-state index contributed by atoms with van der Waals surface area (Å²) >= 11 is 5.89. The number of benzene rings is 1. The number of hydrogen-bond donors (Lipinski definition) is 3. The van der Waals surface area contributed by atoms with Crippen LogP contribution in [0.2, 0.25) is 5.02 Å². The third-order valence-electron chi connectivity index (χ3n) is 2.04. The van der Waals surface area contributed by atoms with Crippen LogP contribution in [0.5, 0.6) is 0 Å². The largest absolute Gasteiger partial charge is 0.449 e. The Labute approximate surface area is 128 Å². The summed E-state index contributed by atoms with van der Waals surface area (Å²) in [5, 5.41) is 0.155. The van der Waals surface area contributed by atoms with Crippen molar-refractivity contribution in [3.05, 3.63) is 28.8 Å². The van der Waals surface area contributed by atoms with Crippen molar-refractivity contribution >= 4 is 33.6 Å². The fourth-order valence-corrected chi connectivity index (χ4v) is 2.28. The van der Waals surface area contributed by atoms with Crippen molar-refractivity contribution in [1.29, 1.82) is 0 Å². The van der Waals surface area contributed by atoms with Gasteiger partial charge in [-0.25, -0.2) is 9.52 Å². The number of hydrogen-bond acceptors (Lipinski definition) is 5. The van der Waals surface area contributed by atoms with E-state index in [1.54, 1.807) is 17.7 Å². The second-order valence-corrected chi connectivity index (χ2v) is 5.45. The third-order valence-corrected chi connectivity index (χ3v) is 3.29. The minimum atomic E-state index is -4.15. The van der Waals surface area contributed by atoms with Crippen molar-refractivity contribution < 1.29 is 17.9 Å². The van der Waals surface area contributed by atoms with Gasteiger partial charge in [0.1, 0.15) is 0 Å². The molecule has 0 spiro atoms.